The molecule has 0 saturated heterocycles. The molecule has 5 heteroatoms. The Hall–Kier alpha value is -3.21. The van der Waals surface area contributed by atoms with Gasteiger partial charge >= 0.3 is 0 Å². The van der Waals surface area contributed by atoms with Crippen molar-refractivity contribution in [3.8, 4) is 11.3 Å². The first-order chi connectivity index (χ1) is 12.5. The molecule has 0 aliphatic carbocycles. The summed E-state index contributed by atoms with van der Waals surface area (Å²) in [5, 5.41) is 10.7. The average Bonchev–Trinajstić information content (AvgIpc) is 2.62. The van der Waals surface area contributed by atoms with E-state index in [0.717, 1.165) is 27.9 Å². The molecular weight excluding hydrogens is 322 g/mol. The minimum Gasteiger partial charge on any atom is -0.368 e. The summed E-state index contributed by atoms with van der Waals surface area (Å²) in [6.45, 7) is 6.81. The number of hydrogen-bond acceptors (Lipinski definition) is 5. The van der Waals surface area contributed by atoms with E-state index < -0.39 is 0 Å². The van der Waals surface area contributed by atoms with Crippen LogP contribution in [0.1, 0.15) is 27.8 Å². The highest BCUT2D eigenvalue weighted by molar-refractivity contribution is 5.79. The van der Waals surface area contributed by atoms with Crippen molar-refractivity contribution in [1.82, 2.24) is 9.97 Å². The van der Waals surface area contributed by atoms with E-state index in [0.29, 0.717) is 12.4 Å². The molecule has 0 atom stereocenters. The lowest BCUT2D eigenvalue weighted by Gasteiger charge is -2.12. The fraction of sp³-hybridized carbons (Fsp3) is 0.190. The molecule has 0 aliphatic heterocycles. The van der Waals surface area contributed by atoms with Crippen molar-refractivity contribution < 1.29 is 0 Å². The van der Waals surface area contributed by atoms with Crippen LogP contribution in [0.25, 0.3) is 11.3 Å². The molecule has 5 nitrogen and oxygen atoms in total. The number of benzene rings is 2. The number of anilines is 2. The van der Waals surface area contributed by atoms with Crippen molar-refractivity contribution in [3.05, 3.63) is 70.3 Å². The summed E-state index contributed by atoms with van der Waals surface area (Å²) in [4.78, 5) is 8.70. The molecule has 0 amide bonds. The third-order valence-electron chi connectivity index (χ3n) is 4.59. The predicted molar refractivity (Wildman–Crippen MR) is 108 cm³/mol. The fourth-order valence-electron chi connectivity index (χ4n) is 2.93. The normalized spacial score (nSPS) is 10.6. The van der Waals surface area contributed by atoms with Gasteiger partial charge in [-0.1, -0.05) is 36.4 Å². The number of nitrogens with zero attached hydrogens (tertiary/aromatic N) is 2. The van der Waals surface area contributed by atoms with Gasteiger partial charge in [-0.05, 0) is 48.6 Å². The molecule has 132 valence electrons. The smallest absolute Gasteiger partial charge is 0.222 e. The lowest BCUT2D eigenvalue weighted by Crippen LogP contribution is -2.06. The second kappa shape index (κ2) is 7.35. The van der Waals surface area contributed by atoms with Crippen molar-refractivity contribution in [1.29, 1.82) is 5.41 Å². The zero-order valence-corrected chi connectivity index (χ0v) is 15.3. The van der Waals surface area contributed by atoms with Gasteiger partial charge in [-0.25, -0.2) is 4.98 Å². The number of aryl methyl sites for hydroxylation is 2. The van der Waals surface area contributed by atoms with Gasteiger partial charge in [0.2, 0.25) is 5.95 Å². The number of nitrogens with one attached hydrogen (secondary N) is 2. The van der Waals surface area contributed by atoms with Crippen LogP contribution < -0.4 is 11.1 Å². The molecule has 0 spiro atoms. The summed E-state index contributed by atoms with van der Waals surface area (Å²) >= 11 is 0. The van der Waals surface area contributed by atoms with E-state index in [2.05, 4.69) is 41.3 Å². The number of aromatic nitrogens is 2. The number of rotatable bonds is 5. The number of hydrogen-bond donors (Lipinski definition) is 3. The van der Waals surface area contributed by atoms with Crippen LogP contribution in [0.3, 0.4) is 0 Å². The molecule has 0 radical (unpaired) electrons. The summed E-state index contributed by atoms with van der Waals surface area (Å²) in [5.41, 5.74) is 13.3. The first-order valence-electron chi connectivity index (χ1n) is 8.53. The Morgan fingerprint density at radius 2 is 1.85 bits per heavy atom. The van der Waals surface area contributed by atoms with Crippen molar-refractivity contribution in [2.75, 3.05) is 11.1 Å². The maximum atomic E-state index is 7.38. The minimum absolute atomic E-state index is 0.251. The third kappa shape index (κ3) is 3.72. The number of nitrogens with two attached hydrogens (primary N) is 1. The highest BCUT2D eigenvalue weighted by Gasteiger charge is 2.09. The van der Waals surface area contributed by atoms with Gasteiger partial charge in [0, 0.05) is 24.4 Å². The Morgan fingerprint density at radius 1 is 1.04 bits per heavy atom. The summed E-state index contributed by atoms with van der Waals surface area (Å²) in [6, 6.07) is 14.1. The van der Waals surface area contributed by atoms with Crippen LogP contribution in [0.2, 0.25) is 0 Å². The Bertz CT molecular complexity index is 963. The van der Waals surface area contributed by atoms with E-state index >= 15 is 0 Å². The van der Waals surface area contributed by atoms with Crippen LogP contribution in [0.15, 0.2) is 42.5 Å². The molecule has 0 unspecified atom stereocenters. The Kier molecular flexibility index (Phi) is 4.98. The highest BCUT2D eigenvalue weighted by Crippen LogP contribution is 2.26. The molecule has 4 N–H and O–H groups in total. The summed E-state index contributed by atoms with van der Waals surface area (Å²) in [7, 11) is 0. The van der Waals surface area contributed by atoms with Crippen molar-refractivity contribution in [2.45, 2.75) is 27.3 Å². The van der Waals surface area contributed by atoms with Gasteiger partial charge in [0.05, 0.1) is 5.69 Å². The zero-order chi connectivity index (χ0) is 18.7. The van der Waals surface area contributed by atoms with Crippen LogP contribution in [0.4, 0.5) is 11.8 Å². The molecule has 3 aromatic rings. The molecule has 1 aromatic heterocycles. The topological polar surface area (TPSA) is 87.7 Å². The van der Waals surface area contributed by atoms with Crippen LogP contribution >= 0.6 is 0 Å². The first-order valence-corrected chi connectivity index (χ1v) is 8.53. The molecule has 0 fully saturated rings. The third-order valence-corrected chi connectivity index (χ3v) is 4.59. The minimum atomic E-state index is 0.251. The van der Waals surface area contributed by atoms with E-state index in [1.165, 1.54) is 17.3 Å². The van der Waals surface area contributed by atoms with Crippen molar-refractivity contribution in [2.24, 2.45) is 0 Å². The van der Waals surface area contributed by atoms with E-state index in [9.17, 15) is 0 Å². The highest BCUT2D eigenvalue weighted by atomic mass is 15.1. The van der Waals surface area contributed by atoms with Gasteiger partial charge < -0.3 is 16.5 Å². The second-order valence-corrected chi connectivity index (χ2v) is 6.43. The molecule has 2 aromatic carbocycles. The Labute approximate surface area is 153 Å². The fourth-order valence-corrected chi connectivity index (χ4v) is 2.93. The standard InChI is InChI=1S/C21H23N5/c1-13-5-4-6-18(15(13)3)19-10-20(26-21(23)25-19)24-12-16-7-8-17(11-22)14(2)9-16/h4-11,22H,12H2,1-3H3,(H3,23,24,25,26). The second-order valence-electron chi connectivity index (χ2n) is 6.43. The number of nitrogen functional groups attached to an aromatic ring is 1. The quantitative estimate of drug-likeness (QED) is 0.603. The molecule has 0 saturated carbocycles. The monoisotopic (exact) mass is 345 g/mol. The van der Waals surface area contributed by atoms with Crippen molar-refractivity contribution >= 4 is 18.0 Å². The first kappa shape index (κ1) is 17.6. The zero-order valence-electron chi connectivity index (χ0n) is 15.3. The molecule has 3 rings (SSSR count). The maximum absolute atomic E-state index is 7.38. The van der Waals surface area contributed by atoms with E-state index in [4.69, 9.17) is 11.1 Å². The van der Waals surface area contributed by atoms with Gasteiger partial charge in [-0.2, -0.15) is 4.98 Å². The maximum Gasteiger partial charge on any atom is 0.222 e. The Balaban J connectivity index is 1.85. The Morgan fingerprint density at radius 3 is 2.58 bits per heavy atom. The van der Waals surface area contributed by atoms with Gasteiger partial charge in [0.1, 0.15) is 5.82 Å². The molecule has 0 bridgehead atoms. The van der Waals surface area contributed by atoms with E-state index in [1.807, 2.05) is 37.3 Å². The van der Waals surface area contributed by atoms with Crippen LogP contribution in [0, 0.1) is 26.2 Å². The van der Waals surface area contributed by atoms with Gasteiger partial charge in [0.25, 0.3) is 0 Å². The van der Waals surface area contributed by atoms with Crippen LogP contribution in [-0.2, 0) is 6.54 Å². The van der Waals surface area contributed by atoms with Crippen LogP contribution in [-0.4, -0.2) is 16.2 Å². The lowest BCUT2D eigenvalue weighted by molar-refractivity contribution is 1.09. The summed E-state index contributed by atoms with van der Waals surface area (Å²) < 4.78 is 0. The van der Waals surface area contributed by atoms with E-state index in [-0.39, 0.29) is 5.95 Å². The van der Waals surface area contributed by atoms with Gasteiger partial charge in [0.15, 0.2) is 0 Å². The largest absolute Gasteiger partial charge is 0.368 e. The van der Waals surface area contributed by atoms with Crippen molar-refractivity contribution in [3.63, 3.8) is 0 Å². The molecule has 1 heterocycles. The average molecular weight is 345 g/mol. The predicted octanol–water partition coefficient (Wildman–Crippen LogP) is 4.26. The SMILES string of the molecule is Cc1cc(CNc2cc(-c3cccc(C)c3C)nc(N)n2)ccc1C=N. The summed E-state index contributed by atoms with van der Waals surface area (Å²) in [6.07, 6.45) is 1.37. The van der Waals surface area contributed by atoms with Gasteiger partial charge in [-0.15, -0.1) is 0 Å². The van der Waals surface area contributed by atoms with Crippen LogP contribution in [0.5, 0.6) is 0 Å². The molecule has 26 heavy (non-hydrogen) atoms. The van der Waals surface area contributed by atoms with E-state index in [1.54, 1.807) is 0 Å². The summed E-state index contributed by atoms with van der Waals surface area (Å²) in [5.74, 6) is 0.948. The molecule has 0 aliphatic rings. The lowest BCUT2D eigenvalue weighted by atomic mass is 10.0. The van der Waals surface area contributed by atoms with Gasteiger partial charge in [-0.3, -0.25) is 0 Å². The molecular formula is C21H23N5.